The van der Waals surface area contributed by atoms with Crippen LogP contribution in [0.2, 0.25) is 5.02 Å². The fraction of sp³-hybridized carbons (Fsp3) is 0.381. The fourth-order valence-corrected chi connectivity index (χ4v) is 3.88. The second-order valence-electron chi connectivity index (χ2n) is 6.94. The summed E-state index contributed by atoms with van der Waals surface area (Å²) in [6.45, 7) is 4.56. The van der Waals surface area contributed by atoms with E-state index < -0.39 is 0 Å². The molecule has 0 spiro atoms. The summed E-state index contributed by atoms with van der Waals surface area (Å²) >= 11 is 5.99. The Balaban J connectivity index is 1.76. The van der Waals surface area contributed by atoms with Crippen molar-refractivity contribution in [2.45, 2.75) is 32.7 Å². The average Bonchev–Trinajstić information content (AvgIpc) is 2.58. The van der Waals surface area contributed by atoms with Crippen molar-refractivity contribution in [3.05, 3.63) is 70.7 Å². The summed E-state index contributed by atoms with van der Waals surface area (Å²) in [7, 11) is 0. The quantitative estimate of drug-likeness (QED) is 0.781. The monoisotopic (exact) mass is 341 g/mol. The van der Waals surface area contributed by atoms with Gasteiger partial charge in [-0.05, 0) is 56.0 Å². The number of carbonyl (C=O) groups excluding carboxylic acids is 1. The van der Waals surface area contributed by atoms with E-state index in [1.54, 1.807) is 6.92 Å². The zero-order valence-electron chi connectivity index (χ0n) is 14.2. The Morgan fingerprint density at radius 3 is 2.46 bits per heavy atom. The molecule has 1 saturated heterocycles. The van der Waals surface area contributed by atoms with Crippen molar-refractivity contribution in [3.63, 3.8) is 0 Å². The summed E-state index contributed by atoms with van der Waals surface area (Å²) in [5, 5.41) is 0.741. The molecule has 1 aliphatic rings. The first-order valence-electron chi connectivity index (χ1n) is 8.59. The van der Waals surface area contributed by atoms with Crippen LogP contribution in [0.1, 0.15) is 30.9 Å². The van der Waals surface area contributed by atoms with Crippen LogP contribution in [-0.4, -0.2) is 23.8 Å². The first-order chi connectivity index (χ1) is 11.6. The molecule has 1 heterocycles. The number of ketones is 1. The molecule has 126 valence electrons. The van der Waals surface area contributed by atoms with Crippen molar-refractivity contribution >= 4 is 17.4 Å². The summed E-state index contributed by atoms with van der Waals surface area (Å²) in [4.78, 5) is 15.0. The molecule has 0 saturated carbocycles. The molecule has 0 aromatic heterocycles. The lowest BCUT2D eigenvalue weighted by Crippen LogP contribution is -2.48. The van der Waals surface area contributed by atoms with E-state index in [0.29, 0.717) is 5.78 Å². The van der Waals surface area contributed by atoms with Crippen LogP contribution in [0.15, 0.2) is 54.6 Å². The number of hydrogen-bond acceptors (Lipinski definition) is 2. The molecule has 2 aromatic rings. The van der Waals surface area contributed by atoms with Crippen molar-refractivity contribution in [3.8, 4) is 0 Å². The van der Waals surface area contributed by atoms with Gasteiger partial charge in [0.1, 0.15) is 5.78 Å². The van der Waals surface area contributed by atoms with Crippen LogP contribution in [0.5, 0.6) is 0 Å². The maximum atomic E-state index is 12.5. The summed E-state index contributed by atoms with van der Waals surface area (Å²) in [6.07, 6.45) is 2.83. The normalized spacial score (nSPS) is 21.6. The van der Waals surface area contributed by atoms with E-state index in [2.05, 4.69) is 29.2 Å². The summed E-state index contributed by atoms with van der Waals surface area (Å²) in [5.74, 6) is 0.301. The smallest absolute Gasteiger partial charge is 0.137 e. The third-order valence-electron chi connectivity index (χ3n) is 5.11. The third-order valence-corrected chi connectivity index (χ3v) is 5.36. The number of halogens is 1. The molecule has 1 atom stereocenters. The number of carbonyl (C=O) groups is 1. The van der Waals surface area contributed by atoms with E-state index >= 15 is 0 Å². The van der Waals surface area contributed by atoms with E-state index in [1.165, 1.54) is 11.1 Å². The van der Waals surface area contributed by atoms with Gasteiger partial charge in [-0.1, -0.05) is 54.1 Å². The first kappa shape index (κ1) is 17.2. The molecule has 0 radical (unpaired) electrons. The second kappa shape index (κ2) is 7.50. The van der Waals surface area contributed by atoms with Gasteiger partial charge in [0.05, 0.1) is 0 Å². The predicted octanol–water partition coefficient (Wildman–Crippen LogP) is 4.75. The van der Waals surface area contributed by atoms with Gasteiger partial charge in [-0.2, -0.15) is 0 Å². The molecular weight excluding hydrogens is 318 g/mol. The second-order valence-corrected chi connectivity index (χ2v) is 7.38. The highest BCUT2D eigenvalue weighted by atomic mass is 35.5. The van der Waals surface area contributed by atoms with Crippen LogP contribution in [-0.2, 0) is 17.8 Å². The average molecular weight is 342 g/mol. The first-order valence-corrected chi connectivity index (χ1v) is 8.97. The number of piperidine rings is 1. The minimum atomic E-state index is -0.277. The number of rotatable bonds is 5. The molecular formula is C21H24ClNO. The maximum absolute atomic E-state index is 12.5. The molecule has 0 aliphatic carbocycles. The number of nitrogens with zero attached hydrogens (tertiary/aromatic N) is 1. The molecule has 24 heavy (non-hydrogen) atoms. The van der Waals surface area contributed by atoms with Crippen LogP contribution in [0, 0.1) is 5.41 Å². The Bertz CT molecular complexity index is 683. The van der Waals surface area contributed by atoms with E-state index in [0.717, 1.165) is 43.9 Å². The SMILES string of the molecule is CC(=O)C1(Cc2ccc(Cl)cc2)CCCN(Cc2ccccc2)C1. The van der Waals surface area contributed by atoms with E-state index in [4.69, 9.17) is 11.6 Å². The minimum Gasteiger partial charge on any atom is -0.299 e. The van der Waals surface area contributed by atoms with Gasteiger partial charge in [0, 0.05) is 23.5 Å². The molecule has 1 aliphatic heterocycles. The van der Waals surface area contributed by atoms with E-state index in [-0.39, 0.29) is 5.41 Å². The van der Waals surface area contributed by atoms with Crippen LogP contribution in [0.3, 0.4) is 0 Å². The van der Waals surface area contributed by atoms with Crippen molar-refractivity contribution in [2.75, 3.05) is 13.1 Å². The summed E-state index contributed by atoms with van der Waals surface area (Å²) < 4.78 is 0. The van der Waals surface area contributed by atoms with Gasteiger partial charge in [0.15, 0.2) is 0 Å². The lowest BCUT2D eigenvalue weighted by atomic mass is 9.72. The topological polar surface area (TPSA) is 20.3 Å². The highest BCUT2D eigenvalue weighted by molar-refractivity contribution is 6.30. The number of likely N-dealkylation sites (tertiary alicyclic amines) is 1. The van der Waals surface area contributed by atoms with Crippen molar-refractivity contribution in [1.82, 2.24) is 4.90 Å². The summed E-state index contributed by atoms with van der Waals surface area (Å²) in [6, 6.07) is 18.4. The van der Waals surface area contributed by atoms with Crippen molar-refractivity contribution in [1.29, 1.82) is 0 Å². The zero-order chi connectivity index (χ0) is 17.0. The number of Topliss-reactive ketones (excluding diaryl/α,β-unsaturated/α-hetero) is 1. The number of hydrogen-bond donors (Lipinski definition) is 0. The molecule has 3 rings (SSSR count). The molecule has 3 heteroatoms. The highest BCUT2D eigenvalue weighted by Gasteiger charge is 2.39. The van der Waals surface area contributed by atoms with Gasteiger partial charge in [0.25, 0.3) is 0 Å². The zero-order valence-corrected chi connectivity index (χ0v) is 14.9. The molecule has 0 N–H and O–H groups in total. The summed E-state index contributed by atoms with van der Waals surface area (Å²) in [5.41, 5.74) is 2.22. The molecule has 0 amide bonds. The Hall–Kier alpha value is -1.64. The lowest BCUT2D eigenvalue weighted by molar-refractivity contribution is -0.130. The lowest BCUT2D eigenvalue weighted by Gasteiger charge is -2.41. The fourth-order valence-electron chi connectivity index (χ4n) is 3.75. The molecule has 2 nitrogen and oxygen atoms in total. The Morgan fingerprint density at radius 2 is 1.79 bits per heavy atom. The Labute approximate surface area is 149 Å². The molecule has 1 fully saturated rings. The maximum Gasteiger partial charge on any atom is 0.137 e. The predicted molar refractivity (Wildman–Crippen MR) is 99.2 cm³/mol. The van der Waals surface area contributed by atoms with Gasteiger partial charge < -0.3 is 0 Å². The standard InChI is InChI=1S/C21H24ClNO/c1-17(24)21(14-18-8-10-20(22)11-9-18)12-5-13-23(16-21)15-19-6-3-2-4-7-19/h2-4,6-11H,5,12-16H2,1H3. The van der Waals surface area contributed by atoms with Crippen LogP contribution < -0.4 is 0 Å². The van der Waals surface area contributed by atoms with Gasteiger partial charge >= 0.3 is 0 Å². The Kier molecular flexibility index (Phi) is 5.37. The van der Waals surface area contributed by atoms with Gasteiger partial charge in [-0.15, -0.1) is 0 Å². The van der Waals surface area contributed by atoms with Crippen LogP contribution in [0.4, 0.5) is 0 Å². The largest absolute Gasteiger partial charge is 0.299 e. The molecule has 2 aromatic carbocycles. The van der Waals surface area contributed by atoms with E-state index in [9.17, 15) is 4.79 Å². The van der Waals surface area contributed by atoms with Crippen LogP contribution >= 0.6 is 11.6 Å². The minimum absolute atomic E-state index is 0.277. The van der Waals surface area contributed by atoms with E-state index in [1.807, 2.05) is 30.3 Å². The molecule has 1 unspecified atom stereocenters. The Morgan fingerprint density at radius 1 is 1.08 bits per heavy atom. The third kappa shape index (κ3) is 4.06. The number of benzene rings is 2. The van der Waals surface area contributed by atoms with Crippen LogP contribution in [0.25, 0.3) is 0 Å². The molecule has 0 bridgehead atoms. The van der Waals surface area contributed by atoms with Crippen molar-refractivity contribution < 1.29 is 4.79 Å². The highest BCUT2D eigenvalue weighted by Crippen LogP contribution is 2.35. The van der Waals surface area contributed by atoms with Gasteiger partial charge in [-0.25, -0.2) is 0 Å². The van der Waals surface area contributed by atoms with Gasteiger partial charge in [0.2, 0.25) is 0 Å². The van der Waals surface area contributed by atoms with Crippen molar-refractivity contribution in [2.24, 2.45) is 5.41 Å². The van der Waals surface area contributed by atoms with Gasteiger partial charge in [-0.3, -0.25) is 9.69 Å².